The molecule has 0 fully saturated rings. The molecule has 1 aromatic carbocycles. The zero-order chi connectivity index (χ0) is 18.2. The summed E-state index contributed by atoms with van der Waals surface area (Å²) in [7, 11) is 0. The number of carbonyl (C=O) groups is 1. The Labute approximate surface area is 145 Å². The van der Waals surface area contributed by atoms with Gasteiger partial charge in [0.25, 0.3) is 0 Å². The van der Waals surface area contributed by atoms with Crippen molar-refractivity contribution in [2.45, 2.75) is 33.0 Å². The summed E-state index contributed by atoms with van der Waals surface area (Å²) < 4.78 is 40.1. The Morgan fingerprint density at radius 3 is 2.72 bits per heavy atom. The third-order valence-corrected chi connectivity index (χ3v) is 4.54. The summed E-state index contributed by atoms with van der Waals surface area (Å²) in [4.78, 5) is 16.4. The lowest BCUT2D eigenvalue weighted by atomic mass is 10.3. The number of alkyl halides is 3. The maximum atomic E-state index is 12.6. The zero-order valence-corrected chi connectivity index (χ0v) is 14.3. The molecule has 3 aromatic rings. The van der Waals surface area contributed by atoms with Gasteiger partial charge in [0.1, 0.15) is 0 Å². The van der Waals surface area contributed by atoms with Crippen molar-refractivity contribution in [1.82, 2.24) is 14.8 Å². The van der Waals surface area contributed by atoms with E-state index in [9.17, 15) is 18.0 Å². The van der Waals surface area contributed by atoms with Gasteiger partial charge in [-0.05, 0) is 38.1 Å². The van der Waals surface area contributed by atoms with Crippen LogP contribution in [0.5, 0.6) is 0 Å². The summed E-state index contributed by atoms with van der Waals surface area (Å²) in [6, 6.07) is 6.37. The first-order chi connectivity index (χ1) is 11.7. The largest absolute Gasteiger partial charge is 0.435 e. The molecule has 0 saturated carbocycles. The molecule has 0 radical (unpaired) electrons. The minimum atomic E-state index is -4.49. The van der Waals surface area contributed by atoms with Gasteiger partial charge < -0.3 is 5.32 Å². The molecule has 0 saturated heterocycles. The van der Waals surface area contributed by atoms with Crippen LogP contribution in [0.25, 0.3) is 10.2 Å². The number of nitrogens with one attached hydrogen (secondary N) is 1. The SMILES string of the molecule is Cc1nc2ccc(NC(=O)CCn3nc(C(F)(F)F)cc3C)cc2s1. The molecule has 5 nitrogen and oxygen atoms in total. The van der Waals surface area contributed by atoms with Crippen molar-refractivity contribution in [1.29, 1.82) is 0 Å². The Balaban J connectivity index is 1.63. The average Bonchev–Trinajstić information content (AvgIpc) is 3.06. The number of aromatic nitrogens is 3. The van der Waals surface area contributed by atoms with Crippen molar-refractivity contribution in [3.05, 3.63) is 40.7 Å². The van der Waals surface area contributed by atoms with Crippen LogP contribution in [0.3, 0.4) is 0 Å². The number of nitrogens with zero attached hydrogens (tertiary/aromatic N) is 3. The predicted octanol–water partition coefficient (Wildman–Crippen LogP) is 4.16. The number of benzene rings is 1. The number of fused-ring (bicyclic) bond motifs is 1. The van der Waals surface area contributed by atoms with E-state index in [-0.39, 0.29) is 18.9 Å². The van der Waals surface area contributed by atoms with Gasteiger partial charge in [-0.1, -0.05) is 0 Å². The molecule has 1 amide bonds. The first-order valence-corrected chi connectivity index (χ1v) is 8.33. The van der Waals surface area contributed by atoms with Crippen LogP contribution in [0.15, 0.2) is 24.3 Å². The normalized spacial score (nSPS) is 11.9. The molecule has 0 atom stereocenters. The van der Waals surface area contributed by atoms with Crippen molar-refractivity contribution in [3.8, 4) is 0 Å². The van der Waals surface area contributed by atoms with Gasteiger partial charge in [-0.25, -0.2) is 4.98 Å². The molecule has 0 spiro atoms. The number of amides is 1. The number of halogens is 3. The van der Waals surface area contributed by atoms with E-state index >= 15 is 0 Å². The molecule has 9 heteroatoms. The number of anilines is 1. The molecule has 3 rings (SSSR count). The maximum Gasteiger partial charge on any atom is 0.435 e. The fourth-order valence-corrected chi connectivity index (χ4v) is 3.29. The van der Waals surface area contributed by atoms with Gasteiger partial charge >= 0.3 is 6.18 Å². The number of hydrogen-bond donors (Lipinski definition) is 1. The van der Waals surface area contributed by atoms with Crippen LogP contribution in [0, 0.1) is 13.8 Å². The lowest BCUT2D eigenvalue weighted by Crippen LogP contribution is -2.16. The first kappa shape index (κ1) is 17.4. The summed E-state index contributed by atoms with van der Waals surface area (Å²) in [6.45, 7) is 3.51. The Morgan fingerprint density at radius 1 is 1.28 bits per heavy atom. The van der Waals surface area contributed by atoms with Gasteiger partial charge in [0.05, 0.1) is 15.2 Å². The van der Waals surface area contributed by atoms with Gasteiger partial charge in [0, 0.05) is 24.3 Å². The number of thiazole rings is 1. The molecule has 0 unspecified atom stereocenters. The highest BCUT2D eigenvalue weighted by molar-refractivity contribution is 7.18. The number of hydrogen-bond acceptors (Lipinski definition) is 4. The fraction of sp³-hybridized carbons (Fsp3) is 0.312. The van der Waals surface area contributed by atoms with Crippen molar-refractivity contribution in [3.63, 3.8) is 0 Å². The van der Waals surface area contributed by atoms with Crippen LogP contribution in [-0.4, -0.2) is 20.7 Å². The molecule has 0 aliphatic rings. The highest BCUT2D eigenvalue weighted by Crippen LogP contribution is 2.28. The lowest BCUT2D eigenvalue weighted by Gasteiger charge is -2.07. The van der Waals surface area contributed by atoms with Crippen LogP contribution in [0.2, 0.25) is 0 Å². The summed E-state index contributed by atoms with van der Waals surface area (Å²) in [5, 5.41) is 7.19. The maximum absolute atomic E-state index is 12.6. The number of rotatable bonds is 4. The van der Waals surface area contributed by atoms with E-state index in [1.54, 1.807) is 6.07 Å². The minimum Gasteiger partial charge on any atom is -0.326 e. The fourth-order valence-electron chi connectivity index (χ4n) is 2.42. The quantitative estimate of drug-likeness (QED) is 0.752. The molecule has 0 aliphatic carbocycles. The van der Waals surface area contributed by atoms with E-state index in [2.05, 4.69) is 15.4 Å². The average molecular weight is 368 g/mol. The molecular formula is C16H15F3N4OS. The second-order valence-corrected chi connectivity index (χ2v) is 6.84. The molecule has 1 N–H and O–H groups in total. The van der Waals surface area contributed by atoms with E-state index < -0.39 is 11.9 Å². The van der Waals surface area contributed by atoms with Crippen molar-refractivity contribution < 1.29 is 18.0 Å². The van der Waals surface area contributed by atoms with Crippen LogP contribution >= 0.6 is 11.3 Å². The molecule has 132 valence electrons. The van der Waals surface area contributed by atoms with Gasteiger partial charge in [-0.3, -0.25) is 9.48 Å². The van der Waals surface area contributed by atoms with Gasteiger partial charge in [-0.15, -0.1) is 11.3 Å². The lowest BCUT2D eigenvalue weighted by molar-refractivity contribution is -0.141. The zero-order valence-electron chi connectivity index (χ0n) is 13.5. The van der Waals surface area contributed by atoms with Crippen LogP contribution in [0.4, 0.5) is 18.9 Å². The predicted molar refractivity (Wildman–Crippen MR) is 89.6 cm³/mol. The van der Waals surface area contributed by atoms with E-state index in [0.29, 0.717) is 11.4 Å². The Kier molecular flexibility index (Phi) is 4.51. The van der Waals surface area contributed by atoms with Gasteiger partial charge in [0.15, 0.2) is 5.69 Å². The summed E-state index contributed by atoms with van der Waals surface area (Å²) in [6.07, 6.45) is -4.46. The standard InChI is InChI=1S/C16H15F3N4OS/c1-9-7-14(16(17,18)19)22-23(9)6-5-15(24)21-11-3-4-12-13(8-11)25-10(2)20-12/h3-4,7-8H,5-6H2,1-2H3,(H,21,24). The molecular weight excluding hydrogens is 353 g/mol. The topological polar surface area (TPSA) is 59.8 Å². The minimum absolute atomic E-state index is 0.0274. The highest BCUT2D eigenvalue weighted by Gasteiger charge is 2.34. The Morgan fingerprint density at radius 2 is 2.04 bits per heavy atom. The smallest absolute Gasteiger partial charge is 0.326 e. The van der Waals surface area contributed by atoms with Crippen LogP contribution < -0.4 is 5.32 Å². The molecule has 2 aromatic heterocycles. The molecule has 25 heavy (non-hydrogen) atoms. The first-order valence-electron chi connectivity index (χ1n) is 7.51. The third-order valence-electron chi connectivity index (χ3n) is 3.60. The Hall–Kier alpha value is -2.42. The van der Waals surface area contributed by atoms with Crippen molar-refractivity contribution in [2.75, 3.05) is 5.32 Å². The second-order valence-electron chi connectivity index (χ2n) is 5.61. The van der Waals surface area contributed by atoms with E-state index in [1.165, 1.54) is 22.9 Å². The van der Waals surface area contributed by atoms with Gasteiger partial charge in [0.2, 0.25) is 5.91 Å². The van der Waals surface area contributed by atoms with E-state index in [4.69, 9.17) is 0 Å². The molecule has 0 aliphatic heterocycles. The second kappa shape index (κ2) is 6.47. The van der Waals surface area contributed by atoms with Crippen molar-refractivity contribution >= 4 is 33.1 Å². The van der Waals surface area contributed by atoms with Gasteiger partial charge in [-0.2, -0.15) is 18.3 Å². The number of aryl methyl sites for hydroxylation is 3. The van der Waals surface area contributed by atoms with Crippen LogP contribution in [0.1, 0.15) is 22.8 Å². The van der Waals surface area contributed by atoms with Crippen molar-refractivity contribution in [2.24, 2.45) is 0 Å². The molecule has 2 heterocycles. The third kappa shape index (κ3) is 3.98. The van der Waals surface area contributed by atoms with E-state index in [1.807, 2.05) is 19.1 Å². The monoisotopic (exact) mass is 368 g/mol. The summed E-state index contributed by atoms with van der Waals surface area (Å²) in [5.74, 6) is -0.288. The molecule has 0 bridgehead atoms. The Bertz CT molecular complexity index is 929. The summed E-state index contributed by atoms with van der Waals surface area (Å²) >= 11 is 1.53. The summed E-state index contributed by atoms with van der Waals surface area (Å²) in [5.41, 5.74) is 0.916. The van der Waals surface area contributed by atoms with Crippen LogP contribution in [-0.2, 0) is 17.5 Å². The number of carbonyl (C=O) groups excluding carboxylic acids is 1. The highest BCUT2D eigenvalue weighted by atomic mass is 32.1. The van der Waals surface area contributed by atoms with E-state index in [0.717, 1.165) is 21.3 Å².